The van der Waals surface area contributed by atoms with Gasteiger partial charge in [0.05, 0.1) is 13.2 Å². The van der Waals surface area contributed by atoms with Crippen LogP contribution in [-0.2, 0) is 4.74 Å². The number of hydrogen-bond donors (Lipinski definition) is 1. The van der Waals surface area contributed by atoms with Crippen LogP contribution in [0.1, 0.15) is 6.42 Å². The Kier molecular flexibility index (Phi) is 4.85. The summed E-state index contributed by atoms with van der Waals surface area (Å²) in [6.45, 7) is 5.68. The molecule has 0 bridgehead atoms. The maximum absolute atomic E-state index is 5.38. The molecule has 1 N–H and O–H groups in total. The van der Waals surface area contributed by atoms with Gasteiger partial charge in [-0.1, -0.05) is 18.2 Å². The van der Waals surface area contributed by atoms with E-state index in [0.29, 0.717) is 0 Å². The van der Waals surface area contributed by atoms with E-state index in [0.717, 1.165) is 68.5 Å². The average Bonchev–Trinajstić information content (AvgIpc) is 3.12. The Bertz CT molecular complexity index is 813. The van der Waals surface area contributed by atoms with Crippen LogP contribution in [0.15, 0.2) is 43.0 Å². The first-order chi connectivity index (χ1) is 12.4. The minimum atomic E-state index is 0.793. The molecule has 1 aromatic carbocycles. The number of nitrogens with one attached hydrogen (secondary N) is 1. The van der Waals surface area contributed by atoms with Crippen LogP contribution in [0.25, 0.3) is 16.9 Å². The lowest BCUT2D eigenvalue weighted by Crippen LogP contribution is -2.37. The Hall–Kier alpha value is -2.51. The third-order valence-electron chi connectivity index (χ3n) is 4.42. The third-order valence-corrected chi connectivity index (χ3v) is 4.42. The highest BCUT2D eigenvalue weighted by Gasteiger charge is 2.12. The van der Waals surface area contributed by atoms with Crippen LogP contribution >= 0.6 is 0 Å². The lowest BCUT2D eigenvalue weighted by Gasteiger charge is -2.26. The predicted molar refractivity (Wildman–Crippen MR) is 97.0 cm³/mol. The van der Waals surface area contributed by atoms with Crippen LogP contribution in [0, 0.1) is 0 Å². The molecule has 7 nitrogen and oxygen atoms in total. The van der Waals surface area contributed by atoms with Gasteiger partial charge in [-0.2, -0.15) is 0 Å². The van der Waals surface area contributed by atoms with Crippen LogP contribution in [0.3, 0.4) is 0 Å². The predicted octanol–water partition coefficient (Wildman–Crippen LogP) is 1.95. The van der Waals surface area contributed by atoms with E-state index < -0.39 is 0 Å². The molecule has 0 spiro atoms. The smallest absolute Gasteiger partial charge is 0.170 e. The van der Waals surface area contributed by atoms with Crippen LogP contribution < -0.4 is 5.32 Å². The van der Waals surface area contributed by atoms with Gasteiger partial charge in [0.1, 0.15) is 12.7 Å². The van der Waals surface area contributed by atoms with E-state index in [1.165, 1.54) is 0 Å². The number of benzene rings is 1. The number of anilines is 1. The molecular formula is C18H22N6O. The van der Waals surface area contributed by atoms with Crippen molar-refractivity contribution in [3.8, 4) is 5.69 Å². The molecule has 0 radical (unpaired) electrons. The molecule has 0 saturated carbocycles. The zero-order chi connectivity index (χ0) is 16.9. The van der Waals surface area contributed by atoms with Gasteiger partial charge in [-0.3, -0.25) is 9.47 Å². The fourth-order valence-corrected chi connectivity index (χ4v) is 3.08. The summed E-state index contributed by atoms with van der Waals surface area (Å²) in [6.07, 6.45) is 4.45. The fourth-order valence-electron chi connectivity index (χ4n) is 3.08. The van der Waals surface area contributed by atoms with E-state index in [1.54, 1.807) is 12.7 Å². The summed E-state index contributed by atoms with van der Waals surface area (Å²) in [5.74, 6) is 0.793. The minimum absolute atomic E-state index is 0.793. The van der Waals surface area contributed by atoms with E-state index in [-0.39, 0.29) is 0 Å². The fraction of sp³-hybridized carbons (Fsp3) is 0.389. The Morgan fingerprint density at radius 3 is 2.72 bits per heavy atom. The summed E-state index contributed by atoms with van der Waals surface area (Å²) in [7, 11) is 0. The molecule has 1 fully saturated rings. The summed E-state index contributed by atoms with van der Waals surface area (Å²) >= 11 is 0. The van der Waals surface area contributed by atoms with Gasteiger partial charge in [0.15, 0.2) is 17.0 Å². The summed E-state index contributed by atoms with van der Waals surface area (Å²) < 4.78 is 7.36. The second-order valence-electron chi connectivity index (χ2n) is 6.08. The first-order valence-electron chi connectivity index (χ1n) is 8.69. The molecule has 0 aliphatic carbocycles. The Labute approximate surface area is 146 Å². The van der Waals surface area contributed by atoms with E-state index in [1.807, 2.05) is 34.9 Å². The maximum Gasteiger partial charge on any atom is 0.170 e. The third kappa shape index (κ3) is 3.62. The first-order valence-corrected chi connectivity index (χ1v) is 8.69. The molecule has 2 aromatic heterocycles. The van der Waals surface area contributed by atoms with Gasteiger partial charge in [-0.25, -0.2) is 15.0 Å². The molecule has 4 rings (SSSR count). The molecule has 0 unspecified atom stereocenters. The standard InChI is InChI=1S/C18H22N6O/c1-2-5-15(6-3-1)24-14-22-16-17(20-13-21-18(16)24)19-7-4-8-23-9-11-25-12-10-23/h1-3,5-6,13-14H,4,7-12H2,(H,19,20,21). The van der Waals surface area contributed by atoms with Crippen molar-refractivity contribution in [2.45, 2.75) is 6.42 Å². The number of hydrogen-bond acceptors (Lipinski definition) is 6. The van der Waals surface area contributed by atoms with Crippen molar-refractivity contribution in [1.82, 2.24) is 24.4 Å². The van der Waals surface area contributed by atoms with Crippen molar-refractivity contribution in [2.24, 2.45) is 0 Å². The van der Waals surface area contributed by atoms with E-state index in [4.69, 9.17) is 4.74 Å². The van der Waals surface area contributed by atoms with E-state index in [9.17, 15) is 0 Å². The van der Waals surface area contributed by atoms with Crippen molar-refractivity contribution in [2.75, 3.05) is 44.7 Å². The Balaban J connectivity index is 1.43. The van der Waals surface area contributed by atoms with Gasteiger partial charge in [0.2, 0.25) is 0 Å². The first kappa shape index (κ1) is 16.0. The molecule has 0 amide bonds. The van der Waals surface area contributed by atoms with Gasteiger partial charge in [0.25, 0.3) is 0 Å². The summed E-state index contributed by atoms with van der Waals surface area (Å²) in [5, 5.41) is 3.41. The Morgan fingerprint density at radius 2 is 1.88 bits per heavy atom. The van der Waals surface area contributed by atoms with Crippen LogP contribution in [-0.4, -0.2) is 63.8 Å². The van der Waals surface area contributed by atoms with Crippen molar-refractivity contribution >= 4 is 17.0 Å². The number of imidazole rings is 1. The molecule has 0 atom stereocenters. The van der Waals surface area contributed by atoms with E-state index in [2.05, 4.69) is 25.2 Å². The van der Waals surface area contributed by atoms with Crippen molar-refractivity contribution in [3.63, 3.8) is 0 Å². The van der Waals surface area contributed by atoms with Crippen molar-refractivity contribution < 1.29 is 4.74 Å². The van der Waals surface area contributed by atoms with Gasteiger partial charge in [0, 0.05) is 25.3 Å². The summed E-state index contributed by atoms with van der Waals surface area (Å²) in [5.41, 5.74) is 2.66. The largest absolute Gasteiger partial charge is 0.379 e. The second-order valence-corrected chi connectivity index (χ2v) is 6.08. The maximum atomic E-state index is 5.38. The molecule has 130 valence electrons. The molecular weight excluding hydrogens is 316 g/mol. The lowest BCUT2D eigenvalue weighted by molar-refractivity contribution is 0.0378. The SMILES string of the molecule is c1ccc(-n2cnc3c(NCCCN4CCOCC4)ncnc32)cc1. The number of para-hydroxylation sites is 1. The molecule has 3 aromatic rings. The molecule has 1 aliphatic heterocycles. The van der Waals surface area contributed by atoms with Gasteiger partial charge >= 0.3 is 0 Å². The highest BCUT2D eigenvalue weighted by atomic mass is 16.5. The number of aromatic nitrogens is 4. The molecule has 25 heavy (non-hydrogen) atoms. The van der Waals surface area contributed by atoms with Gasteiger partial charge in [-0.15, -0.1) is 0 Å². The molecule has 7 heteroatoms. The zero-order valence-electron chi connectivity index (χ0n) is 14.1. The average molecular weight is 338 g/mol. The van der Waals surface area contributed by atoms with Gasteiger partial charge < -0.3 is 10.1 Å². The minimum Gasteiger partial charge on any atom is -0.379 e. The monoisotopic (exact) mass is 338 g/mol. The van der Waals surface area contributed by atoms with Crippen LogP contribution in [0.2, 0.25) is 0 Å². The second kappa shape index (κ2) is 7.58. The lowest BCUT2D eigenvalue weighted by atomic mass is 10.3. The van der Waals surface area contributed by atoms with Crippen LogP contribution in [0.4, 0.5) is 5.82 Å². The Morgan fingerprint density at radius 1 is 1.04 bits per heavy atom. The number of rotatable bonds is 6. The zero-order valence-corrected chi connectivity index (χ0v) is 14.1. The topological polar surface area (TPSA) is 68.1 Å². The molecule has 3 heterocycles. The number of ether oxygens (including phenoxy) is 1. The normalized spacial score (nSPS) is 15.5. The summed E-state index contributed by atoms with van der Waals surface area (Å²) in [6, 6.07) is 10.1. The number of fused-ring (bicyclic) bond motifs is 1. The van der Waals surface area contributed by atoms with E-state index >= 15 is 0 Å². The highest BCUT2D eigenvalue weighted by molar-refractivity contribution is 5.83. The van der Waals surface area contributed by atoms with Gasteiger partial charge in [-0.05, 0) is 25.1 Å². The van der Waals surface area contributed by atoms with Crippen LogP contribution in [0.5, 0.6) is 0 Å². The van der Waals surface area contributed by atoms with Crippen molar-refractivity contribution in [1.29, 1.82) is 0 Å². The quantitative estimate of drug-likeness (QED) is 0.693. The highest BCUT2D eigenvalue weighted by Crippen LogP contribution is 2.20. The number of morpholine rings is 1. The molecule has 1 saturated heterocycles. The molecule has 1 aliphatic rings. The summed E-state index contributed by atoms with van der Waals surface area (Å²) in [4.78, 5) is 15.7. The van der Waals surface area contributed by atoms with Crippen molar-refractivity contribution in [3.05, 3.63) is 43.0 Å². The number of nitrogens with zero attached hydrogens (tertiary/aromatic N) is 5.